The van der Waals surface area contributed by atoms with Crippen molar-refractivity contribution in [3.63, 3.8) is 0 Å². The summed E-state index contributed by atoms with van der Waals surface area (Å²) in [6.07, 6.45) is 0. The van der Waals surface area contributed by atoms with Crippen LogP contribution in [0.15, 0.2) is 6.07 Å². The van der Waals surface area contributed by atoms with Crippen molar-refractivity contribution in [2.24, 2.45) is 7.05 Å². The Hall–Kier alpha value is -1.89. The van der Waals surface area contributed by atoms with Gasteiger partial charge in [0.2, 0.25) is 0 Å². The fourth-order valence-electron chi connectivity index (χ4n) is 1.98. The van der Waals surface area contributed by atoms with Crippen molar-refractivity contribution in [1.82, 2.24) is 14.8 Å². The highest BCUT2D eigenvalue weighted by Gasteiger charge is 2.18. The number of esters is 1. The molecule has 0 aliphatic rings. The standard InChI is InChI=1S/C14H19N3O3S/c1-8(2)13-16-15-11(17(13)4)7-20-10-6-9(3)21-12(10)14(18)19-5/h6,8H,7H2,1-5H3. The number of ether oxygens (including phenoxy) is 2. The average Bonchev–Trinajstić information content (AvgIpc) is 2.99. The first kappa shape index (κ1) is 15.5. The van der Waals surface area contributed by atoms with Gasteiger partial charge in [0.1, 0.15) is 18.2 Å². The highest BCUT2D eigenvalue weighted by Crippen LogP contribution is 2.30. The number of carbonyl (C=O) groups excluding carboxylic acids is 1. The van der Waals surface area contributed by atoms with Gasteiger partial charge in [-0.25, -0.2) is 4.79 Å². The molecule has 0 spiro atoms. The summed E-state index contributed by atoms with van der Waals surface area (Å²) in [7, 11) is 3.27. The third kappa shape index (κ3) is 3.24. The number of hydrogen-bond donors (Lipinski definition) is 0. The van der Waals surface area contributed by atoms with E-state index in [1.54, 1.807) is 0 Å². The van der Waals surface area contributed by atoms with Crippen LogP contribution in [0.3, 0.4) is 0 Å². The average molecular weight is 309 g/mol. The SMILES string of the molecule is COC(=O)c1sc(C)cc1OCc1nnc(C(C)C)n1C. The molecule has 0 saturated carbocycles. The van der Waals surface area contributed by atoms with E-state index in [1.165, 1.54) is 18.4 Å². The number of aromatic nitrogens is 3. The second-order valence-corrected chi connectivity index (χ2v) is 6.28. The van der Waals surface area contributed by atoms with E-state index in [1.807, 2.05) is 24.6 Å². The molecule has 0 radical (unpaired) electrons. The molecule has 0 fully saturated rings. The quantitative estimate of drug-likeness (QED) is 0.794. The van der Waals surface area contributed by atoms with Crippen LogP contribution in [0.4, 0.5) is 0 Å². The molecule has 0 amide bonds. The number of methoxy groups -OCH3 is 1. The molecule has 0 N–H and O–H groups in total. The molecule has 0 aromatic carbocycles. The molecule has 6 nitrogen and oxygen atoms in total. The molecule has 2 aromatic heterocycles. The summed E-state index contributed by atoms with van der Waals surface area (Å²) < 4.78 is 12.4. The number of aryl methyl sites for hydroxylation is 1. The Morgan fingerprint density at radius 2 is 2.14 bits per heavy atom. The molecule has 21 heavy (non-hydrogen) atoms. The van der Waals surface area contributed by atoms with Gasteiger partial charge in [0, 0.05) is 17.8 Å². The van der Waals surface area contributed by atoms with Crippen LogP contribution in [0.5, 0.6) is 5.75 Å². The largest absolute Gasteiger partial charge is 0.484 e. The minimum absolute atomic E-state index is 0.260. The lowest BCUT2D eigenvalue weighted by molar-refractivity contribution is 0.0601. The first-order chi connectivity index (χ1) is 9.93. The number of hydrogen-bond acceptors (Lipinski definition) is 6. The van der Waals surface area contributed by atoms with Gasteiger partial charge in [-0.2, -0.15) is 0 Å². The molecular weight excluding hydrogens is 290 g/mol. The summed E-state index contributed by atoms with van der Waals surface area (Å²) in [5.74, 6) is 2.06. The lowest BCUT2D eigenvalue weighted by Gasteiger charge is -2.08. The van der Waals surface area contributed by atoms with Crippen LogP contribution >= 0.6 is 11.3 Å². The number of carbonyl (C=O) groups is 1. The third-order valence-corrected chi connectivity index (χ3v) is 4.08. The number of nitrogens with zero attached hydrogens (tertiary/aromatic N) is 3. The normalized spacial score (nSPS) is 11.0. The molecule has 7 heteroatoms. The molecule has 0 aliphatic carbocycles. The Balaban J connectivity index is 2.15. The fourth-order valence-corrected chi connectivity index (χ4v) is 2.85. The van der Waals surface area contributed by atoms with Crippen molar-refractivity contribution in [3.8, 4) is 5.75 Å². The Labute approximate surface area is 127 Å². The zero-order chi connectivity index (χ0) is 15.6. The molecule has 0 aliphatic heterocycles. The highest BCUT2D eigenvalue weighted by atomic mass is 32.1. The van der Waals surface area contributed by atoms with Crippen LogP contribution in [-0.4, -0.2) is 27.8 Å². The van der Waals surface area contributed by atoms with Crippen molar-refractivity contribution in [2.75, 3.05) is 7.11 Å². The molecule has 0 bridgehead atoms. The van der Waals surface area contributed by atoms with Crippen LogP contribution in [-0.2, 0) is 18.4 Å². The zero-order valence-corrected chi connectivity index (χ0v) is 13.7. The second kappa shape index (κ2) is 6.26. The van der Waals surface area contributed by atoms with E-state index in [0.29, 0.717) is 16.5 Å². The van der Waals surface area contributed by atoms with Gasteiger partial charge in [0.05, 0.1) is 7.11 Å². The van der Waals surface area contributed by atoms with E-state index in [-0.39, 0.29) is 12.6 Å². The molecule has 2 rings (SSSR count). The predicted octanol–water partition coefficient (Wildman–Crippen LogP) is 2.67. The summed E-state index contributed by atoms with van der Waals surface area (Å²) >= 11 is 1.35. The molecular formula is C14H19N3O3S. The zero-order valence-electron chi connectivity index (χ0n) is 12.8. The van der Waals surface area contributed by atoms with Gasteiger partial charge in [-0.15, -0.1) is 21.5 Å². The summed E-state index contributed by atoms with van der Waals surface area (Å²) in [5.41, 5.74) is 0. The number of thiophene rings is 1. The van der Waals surface area contributed by atoms with E-state index >= 15 is 0 Å². The van der Waals surface area contributed by atoms with Crippen molar-refractivity contribution in [3.05, 3.63) is 27.5 Å². The summed E-state index contributed by atoms with van der Waals surface area (Å²) in [6.45, 7) is 6.30. The van der Waals surface area contributed by atoms with E-state index in [9.17, 15) is 4.79 Å². The minimum Gasteiger partial charge on any atom is -0.484 e. The van der Waals surface area contributed by atoms with Gasteiger partial charge in [-0.3, -0.25) is 0 Å². The summed E-state index contributed by atoms with van der Waals surface area (Å²) in [4.78, 5) is 13.2. The second-order valence-electron chi connectivity index (χ2n) is 5.02. The Bertz CT molecular complexity index is 646. The van der Waals surface area contributed by atoms with E-state index in [4.69, 9.17) is 9.47 Å². The Kier molecular flexibility index (Phi) is 4.62. The van der Waals surface area contributed by atoms with Gasteiger partial charge in [-0.05, 0) is 13.0 Å². The number of rotatable bonds is 5. The Morgan fingerprint density at radius 3 is 2.71 bits per heavy atom. The van der Waals surface area contributed by atoms with Gasteiger partial charge in [0.15, 0.2) is 10.7 Å². The van der Waals surface area contributed by atoms with Gasteiger partial charge >= 0.3 is 5.97 Å². The lowest BCUT2D eigenvalue weighted by atomic mass is 10.2. The molecule has 114 valence electrons. The third-order valence-electron chi connectivity index (χ3n) is 3.06. The first-order valence-corrected chi connectivity index (χ1v) is 7.45. The van der Waals surface area contributed by atoms with Gasteiger partial charge in [0.25, 0.3) is 0 Å². The molecule has 0 atom stereocenters. The molecule has 0 unspecified atom stereocenters. The topological polar surface area (TPSA) is 66.2 Å². The van der Waals surface area contributed by atoms with Crippen molar-refractivity contribution >= 4 is 17.3 Å². The summed E-state index contributed by atoms with van der Waals surface area (Å²) in [6, 6.07) is 1.83. The highest BCUT2D eigenvalue weighted by molar-refractivity contribution is 7.14. The monoisotopic (exact) mass is 309 g/mol. The van der Waals surface area contributed by atoms with E-state index in [2.05, 4.69) is 24.0 Å². The lowest BCUT2D eigenvalue weighted by Crippen LogP contribution is -2.08. The van der Waals surface area contributed by atoms with Crippen LogP contribution in [0.25, 0.3) is 0 Å². The maximum atomic E-state index is 11.7. The minimum atomic E-state index is -0.385. The van der Waals surface area contributed by atoms with E-state index in [0.717, 1.165) is 16.5 Å². The van der Waals surface area contributed by atoms with Crippen LogP contribution < -0.4 is 4.74 Å². The van der Waals surface area contributed by atoms with Gasteiger partial charge in [-0.1, -0.05) is 13.8 Å². The van der Waals surface area contributed by atoms with Crippen LogP contribution in [0, 0.1) is 6.92 Å². The maximum absolute atomic E-state index is 11.7. The van der Waals surface area contributed by atoms with Gasteiger partial charge < -0.3 is 14.0 Å². The molecule has 0 saturated heterocycles. The van der Waals surface area contributed by atoms with Crippen molar-refractivity contribution in [1.29, 1.82) is 0 Å². The van der Waals surface area contributed by atoms with Crippen LogP contribution in [0.1, 0.15) is 46.0 Å². The van der Waals surface area contributed by atoms with Crippen molar-refractivity contribution in [2.45, 2.75) is 33.3 Å². The van der Waals surface area contributed by atoms with E-state index < -0.39 is 0 Å². The predicted molar refractivity (Wildman–Crippen MR) is 79.8 cm³/mol. The molecule has 2 heterocycles. The Morgan fingerprint density at radius 1 is 1.43 bits per heavy atom. The summed E-state index contributed by atoms with van der Waals surface area (Å²) in [5, 5.41) is 8.28. The fraction of sp³-hybridized carbons (Fsp3) is 0.500. The maximum Gasteiger partial charge on any atom is 0.351 e. The van der Waals surface area contributed by atoms with Crippen molar-refractivity contribution < 1.29 is 14.3 Å². The smallest absolute Gasteiger partial charge is 0.351 e. The molecule has 2 aromatic rings. The first-order valence-electron chi connectivity index (χ1n) is 6.63. The van der Waals surface area contributed by atoms with Crippen LogP contribution in [0.2, 0.25) is 0 Å².